The number of halogens is 1. The van der Waals surface area contributed by atoms with Crippen LogP contribution in [0.1, 0.15) is 10.4 Å². The maximum absolute atomic E-state index is 11.8. The van der Waals surface area contributed by atoms with Crippen LogP contribution < -0.4 is 5.32 Å². The molecule has 5 nitrogen and oxygen atoms in total. The van der Waals surface area contributed by atoms with Crippen LogP contribution in [0.3, 0.4) is 0 Å². The van der Waals surface area contributed by atoms with Gasteiger partial charge in [-0.15, -0.1) is 11.8 Å². The Morgan fingerprint density at radius 2 is 1.95 bits per heavy atom. The van der Waals surface area contributed by atoms with Gasteiger partial charge in [-0.3, -0.25) is 4.79 Å². The normalized spacial score (nSPS) is 10.1. The van der Waals surface area contributed by atoms with Crippen LogP contribution in [-0.4, -0.2) is 27.7 Å². The number of hydrogen-bond donors (Lipinski definition) is 2. The van der Waals surface area contributed by atoms with E-state index in [1.165, 1.54) is 30.1 Å². The summed E-state index contributed by atoms with van der Waals surface area (Å²) >= 11 is 7.13. The van der Waals surface area contributed by atoms with Gasteiger partial charge in [0.05, 0.1) is 11.3 Å². The molecule has 0 saturated heterocycles. The fourth-order valence-corrected chi connectivity index (χ4v) is 2.32. The highest BCUT2D eigenvalue weighted by Crippen LogP contribution is 2.20. The molecular formula is C14H11ClN2O3S. The van der Waals surface area contributed by atoms with Crippen LogP contribution in [0.25, 0.3) is 0 Å². The van der Waals surface area contributed by atoms with E-state index in [0.29, 0.717) is 5.02 Å². The van der Waals surface area contributed by atoms with E-state index in [9.17, 15) is 9.59 Å². The number of carbonyl (C=O) groups is 2. The van der Waals surface area contributed by atoms with Crippen LogP contribution in [0.15, 0.2) is 47.5 Å². The van der Waals surface area contributed by atoms with Crippen LogP contribution in [0.2, 0.25) is 5.02 Å². The fourth-order valence-electron chi connectivity index (χ4n) is 1.49. The highest BCUT2D eigenvalue weighted by atomic mass is 35.5. The summed E-state index contributed by atoms with van der Waals surface area (Å²) in [4.78, 5) is 27.4. The Morgan fingerprint density at radius 3 is 2.62 bits per heavy atom. The quantitative estimate of drug-likeness (QED) is 0.827. The van der Waals surface area contributed by atoms with Gasteiger partial charge in [0.2, 0.25) is 5.91 Å². The third kappa shape index (κ3) is 4.77. The Bertz CT molecular complexity index is 662. The number of thioether (sulfide) groups is 1. The highest BCUT2D eigenvalue weighted by Gasteiger charge is 2.08. The van der Waals surface area contributed by atoms with Gasteiger partial charge in [-0.2, -0.15) is 0 Å². The lowest BCUT2D eigenvalue weighted by atomic mass is 10.2. The second-order valence-corrected chi connectivity index (χ2v) is 5.51. The minimum Gasteiger partial charge on any atom is -0.478 e. The van der Waals surface area contributed by atoms with Crippen molar-refractivity contribution in [1.82, 2.24) is 4.98 Å². The number of nitrogens with zero attached hydrogens (tertiary/aromatic N) is 1. The summed E-state index contributed by atoms with van der Waals surface area (Å²) in [6, 6.07) is 9.82. The summed E-state index contributed by atoms with van der Waals surface area (Å²) in [5.74, 6) is -0.911. The van der Waals surface area contributed by atoms with Gasteiger partial charge in [0.1, 0.15) is 5.82 Å². The molecule has 0 fully saturated rings. The number of hydrogen-bond acceptors (Lipinski definition) is 4. The van der Waals surface area contributed by atoms with E-state index in [1.54, 1.807) is 12.1 Å². The number of carboxylic acid groups (broad SMARTS) is 1. The number of nitrogens with one attached hydrogen (secondary N) is 1. The zero-order chi connectivity index (χ0) is 15.2. The van der Waals surface area contributed by atoms with Crippen LogP contribution in [-0.2, 0) is 4.79 Å². The van der Waals surface area contributed by atoms with Crippen LogP contribution in [0.4, 0.5) is 5.82 Å². The van der Waals surface area contributed by atoms with E-state index in [4.69, 9.17) is 16.7 Å². The first-order chi connectivity index (χ1) is 10.0. The molecular weight excluding hydrogens is 312 g/mol. The van der Waals surface area contributed by atoms with Gasteiger partial charge in [-0.25, -0.2) is 9.78 Å². The fraction of sp³-hybridized carbons (Fsp3) is 0.0714. The number of rotatable bonds is 5. The molecule has 0 radical (unpaired) electrons. The SMILES string of the molecule is O=C(CSc1ccc(Cl)cc1)Nc1cc(C(=O)O)ccn1. The third-order valence-electron chi connectivity index (χ3n) is 2.46. The number of benzene rings is 1. The minimum atomic E-state index is -1.07. The van der Waals surface area contributed by atoms with Crippen molar-refractivity contribution >= 4 is 41.1 Å². The first-order valence-electron chi connectivity index (χ1n) is 5.92. The largest absolute Gasteiger partial charge is 0.478 e. The Kier molecular flexibility index (Phi) is 5.19. The highest BCUT2D eigenvalue weighted by molar-refractivity contribution is 8.00. The molecule has 0 atom stereocenters. The molecule has 108 valence electrons. The van der Waals surface area contributed by atoms with Gasteiger partial charge in [0.15, 0.2) is 0 Å². The van der Waals surface area contributed by atoms with E-state index >= 15 is 0 Å². The number of aromatic carboxylic acids is 1. The Balaban J connectivity index is 1.91. The van der Waals surface area contributed by atoms with Crippen LogP contribution in [0, 0.1) is 0 Å². The van der Waals surface area contributed by atoms with Crippen LogP contribution in [0.5, 0.6) is 0 Å². The predicted octanol–water partition coefficient (Wildman–Crippen LogP) is 3.16. The van der Waals surface area contributed by atoms with Gasteiger partial charge in [0.25, 0.3) is 0 Å². The van der Waals surface area contributed by atoms with Crippen molar-refractivity contribution in [1.29, 1.82) is 0 Å². The minimum absolute atomic E-state index is 0.0747. The Labute approximate surface area is 130 Å². The summed E-state index contributed by atoms with van der Waals surface area (Å²) < 4.78 is 0. The van der Waals surface area contributed by atoms with Crippen molar-refractivity contribution in [3.05, 3.63) is 53.2 Å². The zero-order valence-electron chi connectivity index (χ0n) is 10.7. The van der Waals surface area contributed by atoms with Crippen molar-refractivity contribution in [3.63, 3.8) is 0 Å². The molecule has 0 unspecified atom stereocenters. The van der Waals surface area contributed by atoms with Crippen molar-refractivity contribution in [2.45, 2.75) is 4.90 Å². The smallest absolute Gasteiger partial charge is 0.335 e. The molecule has 2 N–H and O–H groups in total. The maximum atomic E-state index is 11.8. The molecule has 1 amide bonds. The van der Waals surface area contributed by atoms with Gasteiger partial charge >= 0.3 is 5.97 Å². The predicted molar refractivity (Wildman–Crippen MR) is 82.0 cm³/mol. The van der Waals surface area contributed by atoms with Gasteiger partial charge in [-0.1, -0.05) is 11.6 Å². The number of amides is 1. The Hall–Kier alpha value is -2.05. The maximum Gasteiger partial charge on any atom is 0.335 e. The Morgan fingerprint density at radius 1 is 1.24 bits per heavy atom. The summed E-state index contributed by atoms with van der Waals surface area (Å²) in [6.45, 7) is 0. The van der Waals surface area contributed by atoms with Gasteiger partial charge in [-0.05, 0) is 36.4 Å². The first kappa shape index (κ1) is 15.3. The zero-order valence-corrected chi connectivity index (χ0v) is 12.3. The molecule has 0 aliphatic rings. The lowest BCUT2D eigenvalue weighted by Crippen LogP contribution is -2.15. The standard InChI is InChI=1S/C14H11ClN2O3S/c15-10-1-3-11(4-2-10)21-8-13(18)17-12-7-9(14(19)20)5-6-16-12/h1-7H,8H2,(H,19,20)(H,16,17,18). The molecule has 0 bridgehead atoms. The lowest BCUT2D eigenvalue weighted by molar-refractivity contribution is -0.113. The van der Waals surface area contributed by atoms with E-state index in [0.717, 1.165) is 4.90 Å². The molecule has 1 aromatic carbocycles. The second kappa shape index (κ2) is 7.10. The molecule has 1 aromatic heterocycles. The van der Waals surface area contributed by atoms with Crippen LogP contribution >= 0.6 is 23.4 Å². The van der Waals surface area contributed by atoms with E-state index < -0.39 is 5.97 Å². The summed E-state index contributed by atoms with van der Waals surface area (Å²) in [6.07, 6.45) is 1.34. The number of carbonyl (C=O) groups excluding carboxylic acids is 1. The molecule has 0 saturated carbocycles. The molecule has 0 aliphatic heterocycles. The number of aromatic nitrogens is 1. The second-order valence-electron chi connectivity index (χ2n) is 4.03. The van der Waals surface area contributed by atoms with E-state index in [-0.39, 0.29) is 23.0 Å². The summed E-state index contributed by atoms with van der Waals surface area (Å²) in [5, 5.41) is 12.1. The van der Waals surface area contributed by atoms with Crippen molar-refractivity contribution < 1.29 is 14.7 Å². The molecule has 7 heteroatoms. The average molecular weight is 323 g/mol. The number of carboxylic acids is 1. The van der Waals surface area contributed by atoms with E-state index in [1.807, 2.05) is 12.1 Å². The molecule has 21 heavy (non-hydrogen) atoms. The van der Waals surface area contributed by atoms with Gasteiger partial charge in [0, 0.05) is 16.1 Å². The van der Waals surface area contributed by atoms with Gasteiger partial charge < -0.3 is 10.4 Å². The number of anilines is 1. The molecule has 1 heterocycles. The molecule has 0 aliphatic carbocycles. The van der Waals surface area contributed by atoms with Crippen molar-refractivity contribution in [2.75, 3.05) is 11.1 Å². The monoisotopic (exact) mass is 322 g/mol. The lowest BCUT2D eigenvalue weighted by Gasteiger charge is -2.05. The molecule has 0 spiro atoms. The summed E-state index contributed by atoms with van der Waals surface area (Å²) in [7, 11) is 0. The average Bonchev–Trinajstić information content (AvgIpc) is 2.47. The van der Waals surface area contributed by atoms with Crippen molar-refractivity contribution in [3.8, 4) is 0 Å². The molecule has 2 rings (SSSR count). The topological polar surface area (TPSA) is 79.3 Å². The summed E-state index contributed by atoms with van der Waals surface area (Å²) in [5.41, 5.74) is 0.0747. The van der Waals surface area contributed by atoms with E-state index in [2.05, 4.69) is 10.3 Å². The van der Waals surface area contributed by atoms with Crippen molar-refractivity contribution in [2.24, 2.45) is 0 Å². The molecule has 2 aromatic rings. The third-order valence-corrected chi connectivity index (χ3v) is 3.72. The number of pyridine rings is 1. The first-order valence-corrected chi connectivity index (χ1v) is 7.28.